The summed E-state index contributed by atoms with van der Waals surface area (Å²) in [5, 5.41) is 0. The number of methoxy groups -OCH3 is 2. The van der Waals surface area contributed by atoms with Gasteiger partial charge in [-0.15, -0.1) is 0 Å². The molecule has 0 radical (unpaired) electrons. The van der Waals surface area contributed by atoms with E-state index in [-0.39, 0.29) is 6.79 Å². The first kappa shape index (κ1) is 15.5. The third-order valence-electron chi connectivity index (χ3n) is 2.82. The van der Waals surface area contributed by atoms with Gasteiger partial charge in [-0.2, -0.15) is 0 Å². The molecule has 0 fully saturated rings. The first-order valence-corrected chi connectivity index (χ1v) is 6.88. The molecule has 0 bridgehead atoms. The smallest absolute Gasteiger partial charge is 0.339 e. The number of esters is 1. The zero-order valence-corrected chi connectivity index (χ0v) is 13.5. The molecule has 0 amide bonds. The van der Waals surface area contributed by atoms with Crippen molar-refractivity contribution in [2.45, 2.75) is 0 Å². The average Bonchev–Trinajstić information content (AvgIpc) is 2.86. The molecule has 2 rings (SSSR count). The van der Waals surface area contributed by atoms with Crippen LogP contribution in [0.1, 0.15) is 10.4 Å². The van der Waals surface area contributed by atoms with Gasteiger partial charge in [-0.25, -0.2) is 9.78 Å². The molecule has 0 spiro atoms. The van der Waals surface area contributed by atoms with Crippen molar-refractivity contribution in [3.8, 4) is 17.1 Å². The summed E-state index contributed by atoms with van der Waals surface area (Å²) in [6.07, 6.45) is 3.35. The van der Waals surface area contributed by atoms with Gasteiger partial charge in [0.25, 0.3) is 0 Å². The summed E-state index contributed by atoms with van der Waals surface area (Å²) in [4.78, 5) is 16.0. The summed E-state index contributed by atoms with van der Waals surface area (Å²) in [5.74, 6) is 0.164. The molecule has 0 aliphatic carbocycles. The lowest BCUT2D eigenvalue weighted by molar-refractivity contribution is 0.0512. The Morgan fingerprint density at radius 1 is 1.38 bits per heavy atom. The highest BCUT2D eigenvalue weighted by Gasteiger charge is 2.17. The van der Waals surface area contributed by atoms with Crippen LogP contribution in [0.5, 0.6) is 5.75 Å². The Balaban J connectivity index is 2.46. The summed E-state index contributed by atoms with van der Waals surface area (Å²) in [6, 6.07) is 3.51. The molecule has 0 atom stereocenters. The van der Waals surface area contributed by atoms with Crippen molar-refractivity contribution in [1.29, 1.82) is 0 Å². The molecule has 0 saturated heterocycles. The second-order valence-corrected chi connectivity index (χ2v) is 5.18. The molecule has 0 saturated carbocycles. The predicted molar refractivity (Wildman–Crippen MR) is 80.2 cm³/mol. The number of aromatic nitrogens is 2. The van der Waals surface area contributed by atoms with E-state index in [4.69, 9.17) is 14.2 Å². The van der Waals surface area contributed by atoms with E-state index >= 15 is 0 Å². The molecule has 0 aromatic carbocycles. The van der Waals surface area contributed by atoms with E-state index in [1.807, 2.05) is 7.05 Å². The minimum atomic E-state index is -0.395. The van der Waals surface area contributed by atoms with Crippen molar-refractivity contribution in [2.24, 2.45) is 7.05 Å². The van der Waals surface area contributed by atoms with Crippen LogP contribution in [0.15, 0.2) is 29.0 Å². The lowest BCUT2D eigenvalue weighted by atomic mass is 10.2. The number of carbonyl (C=O) groups excluding carboxylic acids is 1. The van der Waals surface area contributed by atoms with Crippen molar-refractivity contribution in [3.05, 3.63) is 34.6 Å². The fourth-order valence-corrected chi connectivity index (χ4v) is 2.19. The van der Waals surface area contributed by atoms with Gasteiger partial charge in [-0.05, 0) is 28.1 Å². The summed E-state index contributed by atoms with van der Waals surface area (Å²) >= 11 is 3.35. The Kier molecular flexibility index (Phi) is 4.98. The second kappa shape index (κ2) is 6.73. The molecule has 0 N–H and O–H groups in total. The molecule has 2 heterocycles. The van der Waals surface area contributed by atoms with E-state index < -0.39 is 5.97 Å². The molecule has 21 heavy (non-hydrogen) atoms. The summed E-state index contributed by atoms with van der Waals surface area (Å²) in [6.45, 7) is 0.111. The van der Waals surface area contributed by atoms with Crippen LogP contribution in [-0.4, -0.2) is 36.5 Å². The lowest BCUT2D eigenvalue weighted by Gasteiger charge is -2.11. The zero-order chi connectivity index (χ0) is 15.4. The lowest BCUT2D eigenvalue weighted by Crippen LogP contribution is -2.02. The molecule has 0 aliphatic heterocycles. The van der Waals surface area contributed by atoms with E-state index in [0.717, 1.165) is 10.2 Å². The normalized spacial score (nSPS) is 10.5. The van der Waals surface area contributed by atoms with Crippen molar-refractivity contribution in [2.75, 3.05) is 21.0 Å². The maximum Gasteiger partial charge on any atom is 0.339 e. The van der Waals surface area contributed by atoms with Crippen LogP contribution in [0, 0.1) is 0 Å². The SMILES string of the molecule is COCOc1cc(Br)cnc1-c1cc(C(=O)OC)cn1C. The average molecular weight is 355 g/mol. The maximum atomic E-state index is 11.6. The number of rotatable bonds is 5. The standard InChI is InChI=1S/C14H15BrN2O4/c1-17-7-9(14(18)20-3)4-11(17)13-12(21-8-19-2)5-10(15)6-16-13/h4-7H,8H2,1-3H3. The number of pyridine rings is 1. The highest BCUT2D eigenvalue weighted by atomic mass is 79.9. The van der Waals surface area contributed by atoms with Gasteiger partial charge in [-0.3, -0.25) is 0 Å². The second-order valence-electron chi connectivity index (χ2n) is 4.27. The highest BCUT2D eigenvalue weighted by molar-refractivity contribution is 9.10. The van der Waals surface area contributed by atoms with Gasteiger partial charge in [-0.1, -0.05) is 0 Å². The monoisotopic (exact) mass is 354 g/mol. The molecular weight excluding hydrogens is 340 g/mol. The van der Waals surface area contributed by atoms with Crippen molar-refractivity contribution >= 4 is 21.9 Å². The molecule has 6 nitrogen and oxygen atoms in total. The van der Waals surface area contributed by atoms with E-state index in [9.17, 15) is 4.79 Å². The number of hydrogen-bond donors (Lipinski definition) is 0. The van der Waals surface area contributed by atoms with Crippen molar-refractivity contribution < 1.29 is 19.0 Å². The first-order valence-electron chi connectivity index (χ1n) is 6.09. The van der Waals surface area contributed by atoms with Crippen LogP contribution in [0.3, 0.4) is 0 Å². The van der Waals surface area contributed by atoms with Crippen molar-refractivity contribution in [3.63, 3.8) is 0 Å². The largest absolute Gasteiger partial charge is 0.465 e. The van der Waals surface area contributed by atoms with Gasteiger partial charge in [0.2, 0.25) is 0 Å². The molecule has 112 valence electrons. The molecule has 7 heteroatoms. The number of aryl methyl sites for hydroxylation is 1. The third kappa shape index (κ3) is 3.43. The van der Waals surface area contributed by atoms with Crippen LogP contribution >= 0.6 is 15.9 Å². The van der Waals surface area contributed by atoms with Gasteiger partial charge < -0.3 is 18.8 Å². The van der Waals surface area contributed by atoms with E-state index in [1.165, 1.54) is 7.11 Å². The molecule has 2 aromatic heterocycles. The van der Waals surface area contributed by atoms with Gasteiger partial charge in [0.05, 0.1) is 18.4 Å². The number of halogens is 1. The Hall–Kier alpha value is -1.86. The molecule has 0 aliphatic rings. The molecule has 0 unspecified atom stereocenters. The first-order chi connectivity index (χ1) is 10.1. The molecule has 2 aromatic rings. The minimum absolute atomic E-state index is 0.111. The van der Waals surface area contributed by atoms with Crippen LogP contribution in [-0.2, 0) is 16.5 Å². The van der Waals surface area contributed by atoms with Gasteiger partial charge in [0.1, 0.15) is 5.69 Å². The van der Waals surface area contributed by atoms with E-state index in [0.29, 0.717) is 17.0 Å². The van der Waals surface area contributed by atoms with Crippen LogP contribution < -0.4 is 4.74 Å². The number of hydrogen-bond acceptors (Lipinski definition) is 5. The van der Waals surface area contributed by atoms with Gasteiger partial charge >= 0.3 is 5.97 Å². The topological polar surface area (TPSA) is 62.6 Å². The summed E-state index contributed by atoms with van der Waals surface area (Å²) in [7, 11) is 4.72. The fraction of sp³-hybridized carbons (Fsp3) is 0.286. The Bertz CT molecular complexity index is 654. The Morgan fingerprint density at radius 3 is 2.81 bits per heavy atom. The molecular formula is C14H15BrN2O4. The van der Waals surface area contributed by atoms with Gasteiger partial charge in [0.15, 0.2) is 12.5 Å². The maximum absolute atomic E-state index is 11.6. The fourth-order valence-electron chi connectivity index (χ4n) is 1.87. The number of nitrogens with zero attached hydrogens (tertiary/aromatic N) is 2. The van der Waals surface area contributed by atoms with E-state index in [2.05, 4.69) is 20.9 Å². The van der Waals surface area contributed by atoms with Gasteiger partial charge in [0, 0.05) is 31.0 Å². The summed E-state index contributed by atoms with van der Waals surface area (Å²) < 4.78 is 17.8. The van der Waals surface area contributed by atoms with E-state index in [1.54, 1.807) is 36.2 Å². The Labute approximate surface area is 130 Å². The number of carbonyl (C=O) groups is 1. The minimum Gasteiger partial charge on any atom is -0.465 e. The van der Waals surface area contributed by atoms with Crippen LogP contribution in [0.2, 0.25) is 0 Å². The Morgan fingerprint density at radius 2 is 2.14 bits per heavy atom. The highest BCUT2D eigenvalue weighted by Crippen LogP contribution is 2.31. The predicted octanol–water partition coefficient (Wildman–Crippen LogP) is 2.62. The van der Waals surface area contributed by atoms with Crippen LogP contribution in [0.25, 0.3) is 11.4 Å². The number of ether oxygens (including phenoxy) is 3. The zero-order valence-electron chi connectivity index (χ0n) is 11.9. The summed E-state index contributed by atoms with van der Waals surface area (Å²) in [5.41, 5.74) is 1.82. The quantitative estimate of drug-likeness (QED) is 0.610. The van der Waals surface area contributed by atoms with Crippen LogP contribution in [0.4, 0.5) is 0 Å². The third-order valence-corrected chi connectivity index (χ3v) is 3.25. The van der Waals surface area contributed by atoms with Crippen molar-refractivity contribution in [1.82, 2.24) is 9.55 Å².